The Hall–Kier alpha value is -1.35. The molecular formula is C6H3ClF2N2O4S. The minimum atomic E-state index is -4.51. The molecule has 1 heterocycles. The van der Waals surface area contributed by atoms with Crippen LogP contribution in [0.15, 0.2) is 17.2 Å². The Labute approximate surface area is 92.4 Å². The minimum Gasteiger partial charge on any atom is -0.258 e. The standard InChI is InChI=1S/C6H3ClF2N2O4S/c7-16(14,15)4-1-3(11(12)13)2-10-5(4)6(8)9/h1-2,6H. The highest BCUT2D eigenvalue weighted by atomic mass is 35.7. The van der Waals surface area contributed by atoms with Crippen molar-refractivity contribution in [2.24, 2.45) is 0 Å². The second kappa shape index (κ2) is 4.26. The highest BCUT2D eigenvalue weighted by Gasteiger charge is 2.26. The Bertz CT molecular complexity index is 533. The van der Waals surface area contributed by atoms with Crippen LogP contribution >= 0.6 is 10.7 Å². The molecule has 0 aromatic carbocycles. The van der Waals surface area contributed by atoms with Crippen LogP contribution in [0.5, 0.6) is 0 Å². The highest BCUT2D eigenvalue weighted by molar-refractivity contribution is 8.13. The average Bonchev–Trinajstić information content (AvgIpc) is 2.15. The number of nitrogens with zero attached hydrogens (tertiary/aromatic N) is 2. The number of hydrogen-bond donors (Lipinski definition) is 0. The predicted molar refractivity (Wildman–Crippen MR) is 48.9 cm³/mol. The lowest BCUT2D eigenvalue weighted by Crippen LogP contribution is -2.03. The first-order chi connectivity index (χ1) is 7.23. The maximum Gasteiger partial charge on any atom is 0.288 e. The van der Waals surface area contributed by atoms with Gasteiger partial charge in [-0.15, -0.1) is 0 Å². The Balaban J connectivity index is 3.51. The van der Waals surface area contributed by atoms with Gasteiger partial charge in [0.05, 0.1) is 4.92 Å². The molecule has 1 rings (SSSR count). The van der Waals surface area contributed by atoms with E-state index < -0.39 is 36.7 Å². The molecule has 1 aromatic rings. The predicted octanol–water partition coefficient (Wildman–Crippen LogP) is 1.85. The van der Waals surface area contributed by atoms with Crippen molar-refractivity contribution in [1.82, 2.24) is 4.98 Å². The fourth-order valence-electron chi connectivity index (χ4n) is 0.904. The second-order valence-electron chi connectivity index (χ2n) is 2.57. The molecule has 10 heteroatoms. The summed E-state index contributed by atoms with van der Waals surface area (Å²) >= 11 is 0. The van der Waals surface area contributed by atoms with Crippen LogP contribution in [0.2, 0.25) is 0 Å². The van der Waals surface area contributed by atoms with E-state index in [0.717, 1.165) is 0 Å². The van der Waals surface area contributed by atoms with Gasteiger partial charge >= 0.3 is 0 Å². The van der Waals surface area contributed by atoms with E-state index in [1.165, 1.54) is 0 Å². The van der Waals surface area contributed by atoms with E-state index in [0.29, 0.717) is 12.3 Å². The van der Waals surface area contributed by atoms with Crippen LogP contribution < -0.4 is 0 Å². The molecule has 16 heavy (non-hydrogen) atoms. The van der Waals surface area contributed by atoms with Crippen molar-refractivity contribution < 1.29 is 22.1 Å². The molecule has 0 aliphatic rings. The van der Waals surface area contributed by atoms with Gasteiger partial charge in [0.2, 0.25) is 0 Å². The molecule has 1 aromatic heterocycles. The molecule has 0 radical (unpaired) electrons. The maximum absolute atomic E-state index is 12.3. The maximum atomic E-state index is 12.3. The van der Waals surface area contributed by atoms with Gasteiger partial charge in [0.25, 0.3) is 21.2 Å². The molecular weight excluding hydrogens is 270 g/mol. The normalized spacial score (nSPS) is 11.8. The molecule has 0 spiro atoms. The number of rotatable bonds is 3. The molecule has 0 atom stereocenters. The SMILES string of the molecule is O=[N+]([O-])c1cnc(C(F)F)c(S(=O)(=O)Cl)c1. The van der Waals surface area contributed by atoms with Crippen LogP contribution in [0.1, 0.15) is 12.1 Å². The molecule has 0 amide bonds. The van der Waals surface area contributed by atoms with Crippen LogP contribution in [-0.2, 0) is 9.05 Å². The molecule has 0 bridgehead atoms. The van der Waals surface area contributed by atoms with Gasteiger partial charge in [0.15, 0.2) is 0 Å². The Morgan fingerprint density at radius 1 is 1.50 bits per heavy atom. The third-order valence-electron chi connectivity index (χ3n) is 1.55. The Kier molecular flexibility index (Phi) is 3.38. The van der Waals surface area contributed by atoms with Gasteiger partial charge in [-0.2, -0.15) is 0 Å². The summed E-state index contributed by atoms with van der Waals surface area (Å²) in [5.74, 6) is 0. The summed E-state index contributed by atoms with van der Waals surface area (Å²) in [6, 6.07) is 0.441. The van der Waals surface area contributed by atoms with Crippen LogP contribution in [0.3, 0.4) is 0 Å². The van der Waals surface area contributed by atoms with Gasteiger partial charge in [-0.3, -0.25) is 10.1 Å². The second-order valence-corrected chi connectivity index (χ2v) is 5.11. The minimum absolute atomic E-state index is 0.441. The summed E-state index contributed by atoms with van der Waals surface area (Å²) in [7, 11) is 0.351. The van der Waals surface area contributed by atoms with Crippen LogP contribution in [-0.4, -0.2) is 18.3 Å². The summed E-state index contributed by atoms with van der Waals surface area (Å²) in [5.41, 5.74) is -1.84. The van der Waals surface area contributed by atoms with Crippen molar-refractivity contribution in [2.45, 2.75) is 11.3 Å². The van der Waals surface area contributed by atoms with E-state index in [-0.39, 0.29) is 0 Å². The van der Waals surface area contributed by atoms with Crippen molar-refractivity contribution in [1.29, 1.82) is 0 Å². The summed E-state index contributed by atoms with van der Waals surface area (Å²) < 4.78 is 46.5. The van der Waals surface area contributed by atoms with Gasteiger partial charge < -0.3 is 0 Å². The Morgan fingerprint density at radius 2 is 2.06 bits per heavy atom. The lowest BCUT2D eigenvalue weighted by molar-refractivity contribution is -0.385. The largest absolute Gasteiger partial charge is 0.288 e. The summed E-state index contributed by atoms with van der Waals surface area (Å²) in [6.07, 6.45) is -2.66. The number of aromatic nitrogens is 1. The van der Waals surface area contributed by atoms with Crippen molar-refractivity contribution >= 4 is 25.4 Å². The van der Waals surface area contributed by atoms with E-state index in [4.69, 9.17) is 10.7 Å². The third kappa shape index (κ3) is 2.61. The van der Waals surface area contributed by atoms with Gasteiger partial charge in [0, 0.05) is 16.7 Å². The fraction of sp³-hybridized carbons (Fsp3) is 0.167. The fourth-order valence-corrected chi connectivity index (χ4v) is 1.93. The molecule has 0 fully saturated rings. The summed E-state index contributed by atoms with van der Waals surface area (Å²) in [6.45, 7) is 0. The molecule has 6 nitrogen and oxygen atoms in total. The summed E-state index contributed by atoms with van der Waals surface area (Å²) in [5, 5.41) is 10.3. The zero-order valence-corrected chi connectivity index (χ0v) is 8.87. The van der Waals surface area contributed by atoms with Gasteiger partial charge in [-0.1, -0.05) is 0 Å². The first kappa shape index (κ1) is 12.7. The first-order valence-electron chi connectivity index (χ1n) is 3.60. The number of halogens is 3. The van der Waals surface area contributed by atoms with E-state index in [1.54, 1.807) is 0 Å². The van der Waals surface area contributed by atoms with E-state index >= 15 is 0 Å². The average molecular weight is 273 g/mol. The monoisotopic (exact) mass is 272 g/mol. The smallest absolute Gasteiger partial charge is 0.258 e. The lowest BCUT2D eigenvalue weighted by Gasteiger charge is -2.03. The summed E-state index contributed by atoms with van der Waals surface area (Å²) in [4.78, 5) is 11.3. The van der Waals surface area contributed by atoms with Crippen LogP contribution in [0, 0.1) is 10.1 Å². The van der Waals surface area contributed by atoms with Crippen molar-refractivity contribution in [3.8, 4) is 0 Å². The van der Waals surface area contributed by atoms with Crippen LogP contribution in [0.4, 0.5) is 14.5 Å². The van der Waals surface area contributed by atoms with Crippen molar-refractivity contribution in [3.63, 3.8) is 0 Å². The molecule has 0 saturated heterocycles. The van der Waals surface area contributed by atoms with E-state index in [9.17, 15) is 27.3 Å². The lowest BCUT2D eigenvalue weighted by atomic mass is 10.3. The quantitative estimate of drug-likeness (QED) is 0.476. The molecule has 0 saturated carbocycles. The van der Waals surface area contributed by atoms with Crippen LogP contribution in [0.25, 0.3) is 0 Å². The number of hydrogen-bond acceptors (Lipinski definition) is 5. The molecule has 88 valence electrons. The zero-order valence-electron chi connectivity index (χ0n) is 7.30. The molecule has 0 N–H and O–H groups in total. The van der Waals surface area contributed by atoms with E-state index in [1.807, 2.05) is 0 Å². The number of nitro groups is 1. The topological polar surface area (TPSA) is 90.2 Å². The molecule has 0 aliphatic heterocycles. The third-order valence-corrected chi connectivity index (χ3v) is 2.90. The number of pyridine rings is 1. The first-order valence-corrected chi connectivity index (χ1v) is 5.91. The zero-order chi connectivity index (χ0) is 12.5. The Morgan fingerprint density at radius 3 is 2.44 bits per heavy atom. The van der Waals surface area contributed by atoms with Gasteiger partial charge in [0.1, 0.15) is 16.8 Å². The molecule has 0 aliphatic carbocycles. The van der Waals surface area contributed by atoms with E-state index in [2.05, 4.69) is 4.98 Å². The number of alkyl halides is 2. The van der Waals surface area contributed by atoms with Gasteiger partial charge in [-0.25, -0.2) is 22.2 Å². The van der Waals surface area contributed by atoms with Crippen molar-refractivity contribution in [3.05, 3.63) is 28.1 Å². The van der Waals surface area contributed by atoms with Gasteiger partial charge in [-0.05, 0) is 0 Å². The van der Waals surface area contributed by atoms with Crippen molar-refractivity contribution in [2.75, 3.05) is 0 Å². The molecule has 0 unspecified atom stereocenters. The highest BCUT2D eigenvalue weighted by Crippen LogP contribution is 2.29.